The quantitative estimate of drug-likeness (QED) is 0.449. The molecular weight excluding hydrogens is 435 g/mol. The number of nitrogens with one attached hydrogen (secondary N) is 1. The number of rotatable bonds is 7. The number of amides is 1. The summed E-state index contributed by atoms with van der Waals surface area (Å²) < 4.78 is 2.05. The summed E-state index contributed by atoms with van der Waals surface area (Å²) in [5.74, 6) is 0.912. The van der Waals surface area contributed by atoms with Gasteiger partial charge in [0, 0.05) is 38.1 Å². The van der Waals surface area contributed by atoms with Gasteiger partial charge in [0.1, 0.15) is 0 Å². The normalized spacial score (nSPS) is 11.0. The second-order valence-corrected chi connectivity index (χ2v) is 8.98. The fraction of sp³-hybridized carbons (Fsp3) is 0.316. The number of nitrogens with zero attached hydrogens (tertiary/aromatic N) is 3. The first-order valence-corrected chi connectivity index (χ1v) is 11.4. The van der Waals surface area contributed by atoms with E-state index in [9.17, 15) is 4.79 Å². The van der Waals surface area contributed by atoms with Gasteiger partial charge in [-0.05, 0) is 44.0 Å². The van der Waals surface area contributed by atoms with Crippen LogP contribution in [0.4, 0.5) is 5.69 Å². The van der Waals surface area contributed by atoms with Crippen LogP contribution in [0, 0.1) is 6.92 Å². The van der Waals surface area contributed by atoms with Crippen LogP contribution in [-0.2, 0) is 17.8 Å². The number of aryl methyl sites for hydroxylation is 1. The molecule has 0 spiro atoms. The summed E-state index contributed by atoms with van der Waals surface area (Å²) in [4.78, 5) is 13.6. The highest BCUT2D eigenvalue weighted by molar-refractivity contribution is 7.99. The number of halogens is 2. The zero-order chi connectivity index (χ0) is 20.3. The minimum absolute atomic E-state index is 0.156. The SMILES string of the molecule is CCc1c(-c2nnc(SCC(=O)Nc3cc(Cl)cc(Cl)c3)n2CC)csc1C. The van der Waals surface area contributed by atoms with Crippen molar-refractivity contribution >= 4 is 57.9 Å². The van der Waals surface area contributed by atoms with E-state index in [2.05, 4.69) is 46.2 Å². The molecule has 1 amide bonds. The Labute approximate surface area is 182 Å². The molecule has 2 heterocycles. The summed E-state index contributed by atoms with van der Waals surface area (Å²) in [7, 11) is 0. The Morgan fingerprint density at radius 3 is 2.57 bits per heavy atom. The number of aromatic nitrogens is 3. The van der Waals surface area contributed by atoms with E-state index in [-0.39, 0.29) is 11.7 Å². The van der Waals surface area contributed by atoms with Crippen LogP contribution in [0.5, 0.6) is 0 Å². The molecule has 0 aliphatic heterocycles. The van der Waals surface area contributed by atoms with Crippen molar-refractivity contribution in [3.05, 3.63) is 44.1 Å². The van der Waals surface area contributed by atoms with Crippen molar-refractivity contribution in [3.8, 4) is 11.4 Å². The van der Waals surface area contributed by atoms with E-state index in [4.69, 9.17) is 23.2 Å². The highest BCUT2D eigenvalue weighted by atomic mass is 35.5. The third-order valence-corrected chi connectivity index (χ3v) is 6.57. The zero-order valence-electron chi connectivity index (χ0n) is 15.8. The monoisotopic (exact) mass is 454 g/mol. The molecule has 0 saturated carbocycles. The number of hydrogen-bond donors (Lipinski definition) is 1. The molecule has 5 nitrogen and oxygen atoms in total. The lowest BCUT2D eigenvalue weighted by Crippen LogP contribution is -2.14. The van der Waals surface area contributed by atoms with Crippen LogP contribution in [-0.4, -0.2) is 26.4 Å². The molecule has 0 atom stereocenters. The highest BCUT2D eigenvalue weighted by Gasteiger charge is 2.18. The van der Waals surface area contributed by atoms with Gasteiger partial charge in [-0.3, -0.25) is 4.79 Å². The summed E-state index contributed by atoms with van der Waals surface area (Å²) in [6.07, 6.45) is 0.953. The predicted molar refractivity (Wildman–Crippen MR) is 119 cm³/mol. The molecule has 3 rings (SSSR count). The fourth-order valence-corrected chi connectivity index (χ4v) is 5.21. The molecule has 1 aromatic carbocycles. The number of benzene rings is 1. The van der Waals surface area contributed by atoms with Crippen LogP contribution >= 0.6 is 46.3 Å². The van der Waals surface area contributed by atoms with E-state index >= 15 is 0 Å². The second-order valence-electron chi connectivity index (χ2n) is 6.08. The molecule has 9 heteroatoms. The van der Waals surface area contributed by atoms with Crippen molar-refractivity contribution in [1.29, 1.82) is 0 Å². The number of thiophene rings is 1. The Hall–Kier alpha value is -1.54. The smallest absolute Gasteiger partial charge is 0.234 e. The summed E-state index contributed by atoms with van der Waals surface area (Å²) >= 11 is 15.0. The van der Waals surface area contributed by atoms with Crippen molar-refractivity contribution in [2.45, 2.75) is 38.9 Å². The third kappa shape index (κ3) is 4.71. The molecule has 1 N–H and O–H groups in total. The minimum Gasteiger partial charge on any atom is -0.325 e. The Bertz CT molecular complexity index is 980. The molecule has 0 fully saturated rings. The first-order chi connectivity index (χ1) is 13.4. The summed E-state index contributed by atoms with van der Waals surface area (Å²) in [6, 6.07) is 4.94. The van der Waals surface area contributed by atoms with Crippen LogP contribution in [0.15, 0.2) is 28.7 Å². The molecule has 3 aromatic rings. The van der Waals surface area contributed by atoms with E-state index in [1.165, 1.54) is 22.2 Å². The lowest BCUT2D eigenvalue weighted by atomic mass is 10.1. The topological polar surface area (TPSA) is 59.8 Å². The van der Waals surface area contributed by atoms with Gasteiger partial charge in [-0.2, -0.15) is 0 Å². The van der Waals surface area contributed by atoms with E-state index in [0.29, 0.717) is 15.7 Å². The zero-order valence-corrected chi connectivity index (χ0v) is 18.9. The van der Waals surface area contributed by atoms with E-state index in [0.717, 1.165) is 29.5 Å². The molecule has 0 saturated heterocycles. The Morgan fingerprint density at radius 1 is 1.21 bits per heavy atom. The predicted octanol–water partition coefficient (Wildman–Crippen LogP) is 5.93. The molecule has 0 aliphatic carbocycles. The molecule has 0 bridgehead atoms. The highest BCUT2D eigenvalue weighted by Crippen LogP contribution is 2.32. The number of thioether (sulfide) groups is 1. The van der Waals surface area contributed by atoms with Gasteiger partial charge in [0.25, 0.3) is 0 Å². The van der Waals surface area contributed by atoms with Crippen LogP contribution < -0.4 is 5.32 Å². The van der Waals surface area contributed by atoms with Gasteiger partial charge in [-0.1, -0.05) is 41.9 Å². The van der Waals surface area contributed by atoms with Crippen LogP contribution in [0.2, 0.25) is 10.0 Å². The van der Waals surface area contributed by atoms with Crippen LogP contribution in [0.1, 0.15) is 24.3 Å². The summed E-state index contributed by atoms with van der Waals surface area (Å²) in [5, 5.41) is 15.3. The third-order valence-electron chi connectivity index (χ3n) is 4.21. The van der Waals surface area contributed by atoms with E-state index in [1.54, 1.807) is 29.5 Å². The maximum atomic E-state index is 12.3. The van der Waals surface area contributed by atoms with Crippen molar-refractivity contribution < 1.29 is 4.79 Å². The molecule has 0 unspecified atom stereocenters. The summed E-state index contributed by atoms with van der Waals surface area (Å²) in [5.41, 5.74) is 3.01. The second kappa shape index (κ2) is 9.31. The van der Waals surface area contributed by atoms with Gasteiger partial charge in [-0.25, -0.2) is 0 Å². The number of anilines is 1. The van der Waals surface area contributed by atoms with Gasteiger partial charge >= 0.3 is 0 Å². The lowest BCUT2D eigenvalue weighted by molar-refractivity contribution is -0.113. The van der Waals surface area contributed by atoms with Crippen molar-refractivity contribution in [2.75, 3.05) is 11.1 Å². The van der Waals surface area contributed by atoms with Crippen molar-refractivity contribution in [1.82, 2.24) is 14.8 Å². The minimum atomic E-state index is -0.156. The first kappa shape index (κ1) is 21.2. The molecule has 148 valence electrons. The number of carbonyl (C=O) groups is 1. The van der Waals surface area contributed by atoms with Crippen molar-refractivity contribution in [3.63, 3.8) is 0 Å². The van der Waals surface area contributed by atoms with Gasteiger partial charge in [-0.15, -0.1) is 21.5 Å². The van der Waals surface area contributed by atoms with Crippen LogP contribution in [0.3, 0.4) is 0 Å². The maximum Gasteiger partial charge on any atom is 0.234 e. The molecule has 2 aromatic heterocycles. The molecule has 28 heavy (non-hydrogen) atoms. The average molecular weight is 455 g/mol. The van der Waals surface area contributed by atoms with Gasteiger partial charge in [0.15, 0.2) is 11.0 Å². The fourth-order valence-electron chi connectivity index (χ4n) is 2.94. The lowest BCUT2D eigenvalue weighted by Gasteiger charge is -2.09. The van der Waals surface area contributed by atoms with E-state index in [1.807, 2.05) is 0 Å². The van der Waals surface area contributed by atoms with E-state index < -0.39 is 0 Å². The molecule has 0 aliphatic rings. The molecular formula is C19H20Cl2N4OS2. The Balaban J connectivity index is 1.72. The average Bonchev–Trinajstić information content (AvgIpc) is 3.21. The number of hydrogen-bond acceptors (Lipinski definition) is 5. The molecule has 0 radical (unpaired) electrons. The number of carbonyl (C=O) groups excluding carboxylic acids is 1. The maximum absolute atomic E-state index is 12.3. The standard InChI is InChI=1S/C19H20Cl2N4OS2/c1-4-15-11(3)27-9-16(15)18-23-24-19(25(18)5-2)28-10-17(26)22-14-7-12(20)6-13(21)8-14/h6-9H,4-5,10H2,1-3H3,(H,22,26). The Kier molecular flexibility index (Phi) is 7.04. The van der Waals surface area contributed by atoms with Gasteiger partial charge < -0.3 is 9.88 Å². The Morgan fingerprint density at radius 2 is 1.93 bits per heavy atom. The summed E-state index contributed by atoms with van der Waals surface area (Å²) in [6.45, 7) is 7.05. The van der Waals surface area contributed by atoms with Crippen LogP contribution in [0.25, 0.3) is 11.4 Å². The van der Waals surface area contributed by atoms with Gasteiger partial charge in [0.05, 0.1) is 5.75 Å². The largest absolute Gasteiger partial charge is 0.325 e. The van der Waals surface area contributed by atoms with Gasteiger partial charge in [0.2, 0.25) is 5.91 Å². The van der Waals surface area contributed by atoms with Crippen molar-refractivity contribution in [2.24, 2.45) is 0 Å². The first-order valence-electron chi connectivity index (χ1n) is 8.82.